The van der Waals surface area contributed by atoms with Crippen molar-refractivity contribution in [2.24, 2.45) is 0 Å². The van der Waals surface area contributed by atoms with Crippen LogP contribution in [0.1, 0.15) is 0 Å². The molecule has 9 rings (SSSR count). The van der Waals surface area contributed by atoms with Gasteiger partial charge in [0.15, 0.2) is 0 Å². The van der Waals surface area contributed by atoms with Crippen molar-refractivity contribution in [1.29, 1.82) is 0 Å². The molecule has 0 saturated heterocycles. The first kappa shape index (κ1) is 22.3. The fourth-order valence-corrected chi connectivity index (χ4v) is 6.55. The number of rotatable bonds is 2. The van der Waals surface area contributed by atoms with Crippen LogP contribution in [0.3, 0.4) is 0 Å². The van der Waals surface area contributed by atoms with Crippen molar-refractivity contribution < 1.29 is 0 Å². The molecule has 2 heterocycles. The van der Waals surface area contributed by atoms with Gasteiger partial charge in [-0.25, -0.2) is 0 Å². The smallest absolute Gasteiger partial charge is 0.113 e. The molecule has 0 aliphatic heterocycles. The molecular formula is C38H23N3. The Balaban J connectivity index is 1.31. The van der Waals surface area contributed by atoms with Gasteiger partial charge in [-0.15, -0.1) is 0 Å². The summed E-state index contributed by atoms with van der Waals surface area (Å²) in [4.78, 5) is 9.81. The zero-order valence-electron chi connectivity index (χ0n) is 22.1. The summed E-state index contributed by atoms with van der Waals surface area (Å²) in [7, 11) is 0. The molecule has 0 bridgehead atoms. The SMILES string of the molecule is c1ccc2cc3c(cc2c1)c1ccccc1n3-c1ccc(-c2ccc3c(ccc4ccccc43)c2)c2nccnc12. The molecule has 3 heteroatoms. The molecule has 0 spiro atoms. The summed E-state index contributed by atoms with van der Waals surface area (Å²) in [5, 5.41) is 9.95. The highest BCUT2D eigenvalue weighted by Crippen LogP contribution is 2.39. The molecule has 0 radical (unpaired) electrons. The Morgan fingerprint density at radius 2 is 1.10 bits per heavy atom. The maximum Gasteiger partial charge on any atom is 0.113 e. The van der Waals surface area contributed by atoms with Crippen LogP contribution in [0.15, 0.2) is 140 Å². The van der Waals surface area contributed by atoms with Gasteiger partial charge >= 0.3 is 0 Å². The van der Waals surface area contributed by atoms with E-state index in [2.05, 4.69) is 132 Å². The fourth-order valence-electron chi connectivity index (χ4n) is 6.55. The summed E-state index contributed by atoms with van der Waals surface area (Å²) in [5.74, 6) is 0. The van der Waals surface area contributed by atoms with Gasteiger partial charge in [0.05, 0.1) is 22.2 Å². The minimum absolute atomic E-state index is 0.888. The first-order chi connectivity index (χ1) is 20.3. The largest absolute Gasteiger partial charge is 0.307 e. The van der Waals surface area contributed by atoms with Gasteiger partial charge < -0.3 is 4.57 Å². The minimum Gasteiger partial charge on any atom is -0.307 e. The highest BCUT2D eigenvalue weighted by molar-refractivity contribution is 6.15. The summed E-state index contributed by atoms with van der Waals surface area (Å²) in [5.41, 5.74) is 7.37. The lowest BCUT2D eigenvalue weighted by Gasteiger charge is -2.14. The number of nitrogens with zero attached hydrogens (tertiary/aromatic N) is 3. The van der Waals surface area contributed by atoms with E-state index in [1.165, 1.54) is 48.6 Å². The summed E-state index contributed by atoms with van der Waals surface area (Å²) >= 11 is 0. The average molecular weight is 522 g/mol. The maximum atomic E-state index is 4.92. The second-order valence-electron chi connectivity index (χ2n) is 10.7. The zero-order chi connectivity index (χ0) is 26.9. The van der Waals surface area contributed by atoms with E-state index in [0.717, 1.165) is 33.4 Å². The van der Waals surface area contributed by atoms with Gasteiger partial charge in [-0.2, -0.15) is 0 Å². The monoisotopic (exact) mass is 521 g/mol. The molecule has 3 nitrogen and oxygen atoms in total. The van der Waals surface area contributed by atoms with Crippen molar-refractivity contribution in [1.82, 2.24) is 14.5 Å². The fraction of sp³-hybridized carbons (Fsp3) is 0. The molecule has 0 amide bonds. The first-order valence-corrected chi connectivity index (χ1v) is 13.9. The maximum absolute atomic E-state index is 4.92. The van der Waals surface area contributed by atoms with E-state index in [1.807, 2.05) is 0 Å². The summed E-state index contributed by atoms with van der Waals surface area (Å²) < 4.78 is 2.35. The predicted molar refractivity (Wildman–Crippen MR) is 172 cm³/mol. The average Bonchev–Trinajstić information content (AvgIpc) is 3.35. The standard InChI is InChI=1S/C38H23N3/c1-2-9-26-23-36-33(22-25(26)8-1)32-11-5-6-12-34(32)41(36)35-18-17-31(37-38(35)40-20-19-39-37)28-15-16-30-27(21-28)14-13-24-7-3-4-10-29(24)30/h1-23H. The molecule has 9 aromatic rings. The molecule has 190 valence electrons. The molecule has 0 unspecified atom stereocenters. The summed E-state index contributed by atoms with van der Waals surface area (Å²) in [6.45, 7) is 0. The Morgan fingerprint density at radius 1 is 0.415 bits per heavy atom. The minimum atomic E-state index is 0.888. The number of fused-ring (bicyclic) bond motifs is 8. The molecule has 7 aromatic carbocycles. The van der Waals surface area contributed by atoms with Gasteiger partial charge in [0.1, 0.15) is 5.52 Å². The van der Waals surface area contributed by atoms with Crippen LogP contribution < -0.4 is 0 Å². The van der Waals surface area contributed by atoms with E-state index in [9.17, 15) is 0 Å². The van der Waals surface area contributed by atoms with Crippen molar-refractivity contribution in [2.45, 2.75) is 0 Å². The Hall–Kier alpha value is -5.54. The Labute approximate surface area is 235 Å². The number of para-hydroxylation sites is 1. The first-order valence-electron chi connectivity index (χ1n) is 13.9. The van der Waals surface area contributed by atoms with E-state index in [0.29, 0.717) is 0 Å². The van der Waals surface area contributed by atoms with E-state index in [-0.39, 0.29) is 0 Å². The molecule has 0 fully saturated rings. The number of hydrogen-bond acceptors (Lipinski definition) is 2. The quantitative estimate of drug-likeness (QED) is 0.212. The van der Waals surface area contributed by atoms with Gasteiger partial charge in [0.25, 0.3) is 0 Å². The Morgan fingerprint density at radius 3 is 1.98 bits per heavy atom. The van der Waals surface area contributed by atoms with Gasteiger partial charge in [-0.1, -0.05) is 91.0 Å². The van der Waals surface area contributed by atoms with Crippen LogP contribution in [0.25, 0.3) is 82.0 Å². The number of hydrogen-bond donors (Lipinski definition) is 0. The van der Waals surface area contributed by atoms with Crippen LogP contribution in [-0.4, -0.2) is 14.5 Å². The topological polar surface area (TPSA) is 30.7 Å². The summed E-state index contributed by atoms with van der Waals surface area (Å²) in [6, 6.07) is 45.9. The van der Waals surface area contributed by atoms with Crippen LogP contribution in [0.2, 0.25) is 0 Å². The third kappa shape index (κ3) is 3.26. The van der Waals surface area contributed by atoms with Gasteiger partial charge in [0.2, 0.25) is 0 Å². The van der Waals surface area contributed by atoms with Gasteiger partial charge in [-0.3, -0.25) is 9.97 Å². The Bertz CT molecular complexity index is 2490. The second-order valence-corrected chi connectivity index (χ2v) is 10.7. The predicted octanol–water partition coefficient (Wildman–Crippen LogP) is 9.85. The highest BCUT2D eigenvalue weighted by atomic mass is 15.0. The molecule has 0 aliphatic carbocycles. The van der Waals surface area contributed by atoms with Crippen molar-refractivity contribution in [3.8, 4) is 16.8 Å². The zero-order valence-corrected chi connectivity index (χ0v) is 22.1. The molecule has 0 aliphatic rings. The molecule has 0 N–H and O–H groups in total. The van der Waals surface area contributed by atoms with Crippen LogP contribution in [0.5, 0.6) is 0 Å². The third-order valence-electron chi connectivity index (χ3n) is 8.44. The normalized spacial score (nSPS) is 11.9. The van der Waals surface area contributed by atoms with Crippen molar-refractivity contribution >= 4 is 65.2 Å². The molecule has 0 saturated carbocycles. The lowest BCUT2D eigenvalue weighted by molar-refractivity contribution is 1.17. The van der Waals surface area contributed by atoms with Crippen molar-refractivity contribution in [3.63, 3.8) is 0 Å². The van der Waals surface area contributed by atoms with Crippen molar-refractivity contribution in [2.75, 3.05) is 0 Å². The second kappa shape index (κ2) is 8.48. The van der Waals surface area contributed by atoms with Crippen molar-refractivity contribution in [3.05, 3.63) is 140 Å². The van der Waals surface area contributed by atoms with Crippen LogP contribution in [0.4, 0.5) is 0 Å². The van der Waals surface area contributed by atoms with Crippen LogP contribution in [-0.2, 0) is 0 Å². The highest BCUT2D eigenvalue weighted by Gasteiger charge is 2.18. The van der Waals surface area contributed by atoms with E-state index in [1.54, 1.807) is 12.4 Å². The third-order valence-corrected chi connectivity index (χ3v) is 8.44. The van der Waals surface area contributed by atoms with E-state index < -0.39 is 0 Å². The lowest BCUT2D eigenvalue weighted by Crippen LogP contribution is -1.99. The van der Waals surface area contributed by atoms with Gasteiger partial charge in [-0.05, 0) is 74.3 Å². The molecular weight excluding hydrogens is 498 g/mol. The van der Waals surface area contributed by atoms with E-state index in [4.69, 9.17) is 9.97 Å². The lowest BCUT2D eigenvalue weighted by atomic mass is 9.96. The molecule has 2 aromatic heterocycles. The van der Waals surface area contributed by atoms with Crippen LogP contribution >= 0.6 is 0 Å². The Kier molecular flexibility index (Phi) is 4.61. The van der Waals surface area contributed by atoms with Crippen LogP contribution in [0, 0.1) is 0 Å². The van der Waals surface area contributed by atoms with Gasteiger partial charge in [0, 0.05) is 28.7 Å². The van der Waals surface area contributed by atoms with E-state index >= 15 is 0 Å². The summed E-state index contributed by atoms with van der Waals surface area (Å²) in [6.07, 6.45) is 3.59. The molecule has 41 heavy (non-hydrogen) atoms. The molecule has 0 atom stereocenters. The number of benzene rings is 7. The number of aromatic nitrogens is 3.